The van der Waals surface area contributed by atoms with Gasteiger partial charge in [-0.05, 0) is 29.8 Å². The van der Waals surface area contributed by atoms with Crippen LogP contribution in [0.5, 0.6) is 5.75 Å². The summed E-state index contributed by atoms with van der Waals surface area (Å²) >= 11 is 5.98. The SMILES string of the molecule is COc1ccc(Cl)cc1NC(=O)CN1CCN(Cc2cccc(C(F)(F)F)c2)CC1. The minimum absolute atomic E-state index is 0.179. The highest BCUT2D eigenvalue weighted by Gasteiger charge is 2.30. The monoisotopic (exact) mass is 441 g/mol. The molecule has 1 amide bonds. The van der Waals surface area contributed by atoms with Gasteiger partial charge in [0.15, 0.2) is 0 Å². The smallest absolute Gasteiger partial charge is 0.416 e. The van der Waals surface area contributed by atoms with E-state index in [1.54, 1.807) is 24.3 Å². The van der Waals surface area contributed by atoms with E-state index in [0.717, 1.165) is 6.07 Å². The molecule has 30 heavy (non-hydrogen) atoms. The largest absolute Gasteiger partial charge is 0.495 e. The van der Waals surface area contributed by atoms with Crippen molar-refractivity contribution in [2.75, 3.05) is 45.2 Å². The van der Waals surface area contributed by atoms with E-state index in [-0.39, 0.29) is 12.5 Å². The Labute approximate surface area is 178 Å². The Hall–Kier alpha value is -2.29. The molecule has 162 valence electrons. The average molecular weight is 442 g/mol. The Balaban J connectivity index is 1.49. The highest BCUT2D eigenvalue weighted by atomic mass is 35.5. The second-order valence-electron chi connectivity index (χ2n) is 7.14. The molecule has 3 rings (SSSR count). The van der Waals surface area contributed by atoms with Gasteiger partial charge in [0.25, 0.3) is 0 Å². The minimum Gasteiger partial charge on any atom is -0.495 e. The maximum Gasteiger partial charge on any atom is 0.416 e. The van der Waals surface area contributed by atoms with Crippen LogP contribution in [0.3, 0.4) is 0 Å². The third-order valence-electron chi connectivity index (χ3n) is 4.93. The quantitative estimate of drug-likeness (QED) is 0.732. The van der Waals surface area contributed by atoms with Crippen molar-refractivity contribution in [2.24, 2.45) is 0 Å². The number of rotatable bonds is 6. The van der Waals surface area contributed by atoms with Crippen molar-refractivity contribution < 1.29 is 22.7 Å². The summed E-state index contributed by atoms with van der Waals surface area (Å²) in [5.41, 5.74) is 0.508. The lowest BCUT2D eigenvalue weighted by Gasteiger charge is -2.34. The Morgan fingerprint density at radius 2 is 1.80 bits per heavy atom. The summed E-state index contributed by atoms with van der Waals surface area (Å²) in [6, 6.07) is 10.4. The van der Waals surface area contributed by atoms with Gasteiger partial charge in [-0.2, -0.15) is 13.2 Å². The molecule has 0 aliphatic carbocycles. The van der Waals surface area contributed by atoms with Crippen molar-refractivity contribution >= 4 is 23.2 Å². The van der Waals surface area contributed by atoms with E-state index in [4.69, 9.17) is 16.3 Å². The van der Waals surface area contributed by atoms with Crippen LogP contribution in [0, 0.1) is 0 Å². The van der Waals surface area contributed by atoms with E-state index in [1.807, 2.05) is 4.90 Å². The number of ether oxygens (including phenoxy) is 1. The van der Waals surface area contributed by atoms with E-state index in [0.29, 0.717) is 54.7 Å². The van der Waals surface area contributed by atoms with Crippen LogP contribution in [-0.2, 0) is 17.5 Å². The summed E-state index contributed by atoms with van der Waals surface area (Å²) in [6.07, 6.45) is -4.34. The zero-order chi connectivity index (χ0) is 21.7. The molecule has 1 N–H and O–H groups in total. The van der Waals surface area contributed by atoms with Crippen LogP contribution in [0.2, 0.25) is 5.02 Å². The second kappa shape index (κ2) is 9.68. The van der Waals surface area contributed by atoms with Crippen LogP contribution in [-0.4, -0.2) is 55.5 Å². The number of anilines is 1. The first-order chi connectivity index (χ1) is 14.2. The number of alkyl halides is 3. The summed E-state index contributed by atoms with van der Waals surface area (Å²) in [4.78, 5) is 16.5. The number of nitrogens with zero attached hydrogens (tertiary/aromatic N) is 2. The van der Waals surface area contributed by atoms with Crippen LogP contribution < -0.4 is 10.1 Å². The van der Waals surface area contributed by atoms with Gasteiger partial charge in [0.05, 0.1) is 24.9 Å². The lowest BCUT2D eigenvalue weighted by Crippen LogP contribution is -2.48. The zero-order valence-electron chi connectivity index (χ0n) is 16.5. The van der Waals surface area contributed by atoms with Crippen molar-refractivity contribution in [3.8, 4) is 5.75 Å². The fourth-order valence-corrected chi connectivity index (χ4v) is 3.55. The Morgan fingerprint density at radius 1 is 1.10 bits per heavy atom. The average Bonchev–Trinajstić information content (AvgIpc) is 2.69. The number of amides is 1. The number of halogens is 4. The third-order valence-corrected chi connectivity index (χ3v) is 5.16. The lowest BCUT2D eigenvalue weighted by molar-refractivity contribution is -0.137. The number of hydrogen-bond donors (Lipinski definition) is 1. The molecule has 0 bridgehead atoms. The van der Waals surface area contributed by atoms with E-state index in [2.05, 4.69) is 10.2 Å². The molecule has 0 saturated carbocycles. The van der Waals surface area contributed by atoms with Crippen LogP contribution >= 0.6 is 11.6 Å². The Bertz CT molecular complexity index is 884. The molecule has 9 heteroatoms. The summed E-state index contributed by atoms with van der Waals surface area (Å²) < 4.78 is 43.8. The molecule has 0 atom stereocenters. The van der Waals surface area contributed by atoms with Crippen LogP contribution in [0.1, 0.15) is 11.1 Å². The molecular formula is C21H23ClF3N3O2. The van der Waals surface area contributed by atoms with Crippen molar-refractivity contribution in [3.63, 3.8) is 0 Å². The first-order valence-corrected chi connectivity index (χ1v) is 9.86. The van der Waals surface area contributed by atoms with Gasteiger partial charge in [0, 0.05) is 37.7 Å². The van der Waals surface area contributed by atoms with Gasteiger partial charge in [-0.25, -0.2) is 0 Å². The third kappa shape index (κ3) is 6.10. The minimum atomic E-state index is -4.34. The van der Waals surface area contributed by atoms with E-state index >= 15 is 0 Å². The Kier molecular flexibility index (Phi) is 7.23. The molecule has 1 heterocycles. The van der Waals surface area contributed by atoms with E-state index in [9.17, 15) is 18.0 Å². The van der Waals surface area contributed by atoms with Gasteiger partial charge in [0.1, 0.15) is 5.75 Å². The van der Waals surface area contributed by atoms with E-state index < -0.39 is 11.7 Å². The summed E-state index contributed by atoms with van der Waals surface area (Å²) in [5, 5.41) is 3.31. The maximum atomic E-state index is 12.9. The fourth-order valence-electron chi connectivity index (χ4n) is 3.38. The lowest BCUT2D eigenvalue weighted by atomic mass is 10.1. The molecule has 2 aromatic carbocycles. The van der Waals surface area contributed by atoms with Gasteiger partial charge in [-0.15, -0.1) is 0 Å². The van der Waals surface area contributed by atoms with Gasteiger partial charge in [-0.1, -0.05) is 29.8 Å². The van der Waals surface area contributed by atoms with Crippen molar-refractivity contribution in [2.45, 2.75) is 12.7 Å². The van der Waals surface area contributed by atoms with Gasteiger partial charge in [0.2, 0.25) is 5.91 Å². The predicted octanol–water partition coefficient (Wildman–Crippen LogP) is 4.12. The Morgan fingerprint density at radius 3 is 2.47 bits per heavy atom. The number of carbonyl (C=O) groups is 1. The number of piperazine rings is 1. The standard InChI is InChI=1S/C21H23ClF3N3O2/c1-30-19-6-5-17(22)12-18(19)26-20(29)14-28-9-7-27(8-10-28)13-15-3-2-4-16(11-15)21(23,24)25/h2-6,11-12H,7-10,13-14H2,1H3,(H,26,29). The molecule has 1 fully saturated rings. The van der Waals surface area contributed by atoms with Crippen molar-refractivity contribution in [1.29, 1.82) is 0 Å². The molecular weight excluding hydrogens is 419 g/mol. The van der Waals surface area contributed by atoms with Crippen molar-refractivity contribution in [3.05, 3.63) is 58.6 Å². The van der Waals surface area contributed by atoms with Gasteiger partial charge in [-0.3, -0.25) is 14.6 Å². The first-order valence-electron chi connectivity index (χ1n) is 9.49. The fraction of sp³-hybridized carbons (Fsp3) is 0.381. The number of hydrogen-bond acceptors (Lipinski definition) is 4. The molecule has 1 saturated heterocycles. The summed E-state index contributed by atoms with van der Waals surface area (Å²) in [7, 11) is 1.52. The normalized spacial score (nSPS) is 15.8. The highest BCUT2D eigenvalue weighted by molar-refractivity contribution is 6.31. The predicted molar refractivity (Wildman–Crippen MR) is 110 cm³/mol. The maximum absolute atomic E-state index is 12.9. The van der Waals surface area contributed by atoms with Crippen LogP contribution in [0.4, 0.5) is 18.9 Å². The molecule has 1 aliphatic rings. The van der Waals surface area contributed by atoms with Gasteiger partial charge < -0.3 is 10.1 Å². The number of methoxy groups -OCH3 is 1. The summed E-state index contributed by atoms with van der Waals surface area (Å²) in [6.45, 7) is 3.31. The second-order valence-corrected chi connectivity index (χ2v) is 7.58. The molecule has 5 nitrogen and oxygen atoms in total. The van der Waals surface area contributed by atoms with E-state index in [1.165, 1.54) is 19.2 Å². The first kappa shape index (κ1) is 22.4. The molecule has 0 spiro atoms. The molecule has 2 aromatic rings. The summed E-state index contributed by atoms with van der Waals surface area (Å²) in [5.74, 6) is 0.348. The molecule has 0 unspecified atom stereocenters. The zero-order valence-corrected chi connectivity index (χ0v) is 17.3. The molecule has 0 radical (unpaired) electrons. The number of benzene rings is 2. The highest BCUT2D eigenvalue weighted by Crippen LogP contribution is 2.30. The van der Waals surface area contributed by atoms with Crippen LogP contribution in [0.15, 0.2) is 42.5 Å². The topological polar surface area (TPSA) is 44.8 Å². The van der Waals surface area contributed by atoms with Crippen LogP contribution in [0.25, 0.3) is 0 Å². The van der Waals surface area contributed by atoms with Gasteiger partial charge >= 0.3 is 6.18 Å². The number of nitrogens with one attached hydrogen (secondary N) is 1. The number of carbonyl (C=O) groups excluding carboxylic acids is 1. The molecule has 0 aromatic heterocycles. The van der Waals surface area contributed by atoms with Crippen molar-refractivity contribution in [1.82, 2.24) is 9.80 Å². The molecule has 1 aliphatic heterocycles.